The van der Waals surface area contributed by atoms with Crippen molar-refractivity contribution in [1.82, 2.24) is 0 Å². The third-order valence-electron chi connectivity index (χ3n) is 3.24. The molecule has 2 rings (SSSR count). The molecule has 0 saturated heterocycles. The van der Waals surface area contributed by atoms with E-state index >= 15 is 0 Å². The van der Waals surface area contributed by atoms with Crippen LogP contribution in [-0.4, -0.2) is 16.6 Å². The Balaban J connectivity index is 1.93. The predicted octanol–water partition coefficient (Wildman–Crippen LogP) is 5.40. The fourth-order valence-electron chi connectivity index (χ4n) is 2.12. The molecule has 104 valence electrons. The first kappa shape index (κ1) is 16.2. The van der Waals surface area contributed by atoms with E-state index in [0.29, 0.717) is 0 Å². The molecule has 0 bridgehead atoms. The van der Waals surface area contributed by atoms with Crippen molar-refractivity contribution in [3.05, 3.63) is 68.6 Å². The zero-order valence-corrected chi connectivity index (χ0v) is 17.0. The molecule has 0 aromatic heterocycles. The lowest BCUT2D eigenvalue weighted by Gasteiger charge is -2.22. The van der Waals surface area contributed by atoms with E-state index in [4.69, 9.17) is 0 Å². The number of hydrogen-bond acceptors (Lipinski definition) is 0. The average molecular weight is 426 g/mol. The Labute approximate surface area is 141 Å². The highest BCUT2D eigenvalue weighted by Crippen LogP contribution is 2.17. The lowest BCUT2D eigenvalue weighted by molar-refractivity contribution is 1.32. The van der Waals surface area contributed by atoms with Crippen LogP contribution in [0.5, 0.6) is 0 Å². The fraction of sp³-hybridized carbons (Fsp3) is 0.250. The minimum absolute atomic E-state index is 1.07. The highest BCUT2D eigenvalue weighted by molar-refractivity contribution is 9.10. The van der Waals surface area contributed by atoms with Gasteiger partial charge in [0.1, 0.15) is 0 Å². The lowest BCUT2D eigenvalue weighted by Crippen LogP contribution is -2.39. The summed E-state index contributed by atoms with van der Waals surface area (Å²) in [6.45, 7) is 5.01. The van der Waals surface area contributed by atoms with E-state index in [1.165, 1.54) is 23.2 Å². The van der Waals surface area contributed by atoms with E-state index in [-0.39, 0.29) is 0 Å². The quantitative estimate of drug-likeness (QED) is 0.562. The minimum Gasteiger partial charge on any atom is -0.0714 e. The van der Waals surface area contributed by atoms with E-state index in [2.05, 4.69) is 93.5 Å². The third-order valence-corrected chi connectivity index (χ3v) is 11.1. The molecule has 0 nitrogen and oxygen atoms in total. The van der Waals surface area contributed by atoms with Crippen LogP contribution in [0.1, 0.15) is 11.1 Å². The first-order valence-electron chi connectivity index (χ1n) is 6.68. The smallest absolute Gasteiger partial charge is 0.0406 e. The topological polar surface area (TPSA) is 0 Å². The molecule has 0 amide bonds. The van der Waals surface area contributed by atoms with Crippen LogP contribution in [-0.2, 0) is 12.1 Å². The molecule has 20 heavy (non-hydrogen) atoms. The Morgan fingerprint density at radius 1 is 0.800 bits per heavy atom. The summed E-state index contributed by atoms with van der Waals surface area (Å²) in [6, 6.07) is 20.1. The van der Waals surface area contributed by atoms with Crippen molar-refractivity contribution in [2.24, 2.45) is 0 Å². The number of rotatable bonds is 5. The molecule has 0 saturated carbocycles. The summed E-state index contributed by atoms with van der Waals surface area (Å²) < 4.78 is 2.33. The molecule has 4 heteroatoms. The first-order chi connectivity index (χ1) is 9.44. The fourth-order valence-corrected chi connectivity index (χ4v) is 7.98. The number of halogens is 2. The van der Waals surface area contributed by atoms with Gasteiger partial charge in [0.15, 0.2) is 0 Å². The largest absolute Gasteiger partial charge is 0.0714 e. The Morgan fingerprint density at radius 2 is 1.25 bits per heavy atom. The molecule has 0 unspecified atom stereocenters. The van der Waals surface area contributed by atoms with Crippen molar-refractivity contribution in [2.75, 3.05) is 0 Å². The van der Waals surface area contributed by atoms with Crippen LogP contribution in [0.25, 0.3) is 0 Å². The maximum atomic E-state index is 3.50. The molecule has 0 heterocycles. The van der Waals surface area contributed by atoms with Gasteiger partial charge in [0, 0.05) is 25.6 Å². The van der Waals surface area contributed by atoms with Crippen LogP contribution in [0.15, 0.2) is 57.5 Å². The Bertz CT molecular complexity index is 548. The van der Waals surface area contributed by atoms with Crippen molar-refractivity contribution in [3.63, 3.8) is 0 Å². The normalized spacial score (nSPS) is 11.6. The average Bonchev–Trinajstić information content (AvgIpc) is 2.41. The van der Waals surface area contributed by atoms with Gasteiger partial charge in [-0.1, -0.05) is 80.3 Å². The summed E-state index contributed by atoms with van der Waals surface area (Å²) in [5.41, 5.74) is 2.94. The van der Waals surface area contributed by atoms with Gasteiger partial charge < -0.3 is 0 Å². The van der Waals surface area contributed by atoms with Gasteiger partial charge in [-0.15, -0.1) is 0 Å². The van der Waals surface area contributed by atoms with E-state index < -0.39 is 7.59 Å². The predicted molar refractivity (Wildman–Crippen MR) is 98.9 cm³/mol. The number of hydrogen-bond donors (Lipinski definition) is 0. The minimum atomic E-state index is -1.16. The molecule has 0 N–H and O–H groups in total. The highest BCUT2D eigenvalue weighted by Gasteiger charge is 2.21. The summed E-state index contributed by atoms with van der Waals surface area (Å²) >= 11 is 6.99. The molecule has 0 aliphatic carbocycles. The second-order valence-electron chi connectivity index (χ2n) is 5.67. The van der Waals surface area contributed by atoms with Gasteiger partial charge in [0.05, 0.1) is 0 Å². The lowest BCUT2D eigenvalue weighted by atomic mass is 10.2. The van der Waals surface area contributed by atoms with Crippen LogP contribution in [0.4, 0.5) is 0 Å². The van der Waals surface area contributed by atoms with Gasteiger partial charge in [-0.3, -0.25) is 0 Å². The standard InChI is InChI=1S/C16H18Br2Si2/c1-20(2,12-14-5-9-16(18)10-6-14)19-11-13-3-7-15(17)8-4-13/h3-10H,11-12H2,1-2H3. The second kappa shape index (κ2) is 7.20. The SMILES string of the molecule is C[Si](C)(Cc1ccc(Br)cc1)[Si]Cc1ccc(Br)cc1. The van der Waals surface area contributed by atoms with E-state index in [1.807, 2.05) is 0 Å². The van der Waals surface area contributed by atoms with E-state index in [0.717, 1.165) is 18.0 Å². The Morgan fingerprint density at radius 3 is 1.75 bits per heavy atom. The van der Waals surface area contributed by atoms with Gasteiger partial charge in [-0.25, -0.2) is 0 Å². The molecule has 0 spiro atoms. The van der Waals surface area contributed by atoms with Crippen LogP contribution < -0.4 is 0 Å². The summed E-state index contributed by atoms with van der Waals surface area (Å²) in [5.74, 6) is 0. The van der Waals surface area contributed by atoms with Gasteiger partial charge in [-0.05, 0) is 36.4 Å². The number of benzene rings is 2. The first-order valence-corrected chi connectivity index (χ1v) is 13.7. The van der Waals surface area contributed by atoms with Gasteiger partial charge in [0.2, 0.25) is 0 Å². The molecule has 0 atom stereocenters. The third kappa shape index (κ3) is 5.32. The molecule has 2 aromatic carbocycles. The Kier molecular flexibility index (Phi) is 5.84. The van der Waals surface area contributed by atoms with Crippen LogP contribution in [0.2, 0.25) is 13.1 Å². The van der Waals surface area contributed by atoms with Gasteiger partial charge >= 0.3 is 0 Å². The van der Waals surface area contributed by atoms with E-state index in [9.17, 15) is 0 Å². The van der Waals surface area contributed by atoms with Crippen LogP contribution in [0, 0.1) is 0 Å². The second-order valence-corrected chi connectivity index (χ2v) is 17.4. The molecule has 2 radical (unpaired) electrons. The van der Waals surface area contributed by atoms with Crippen molar-refractivity contribution < 1.29 is 0 Å². The summed E-state index contributed by atoms with van der Waals surface area (Å²) in [7, 11) is -0.0894. The van der Waals surface area contributed by atoms with Crippen LogP contribution >= 0.6 is 31.9 Å². The van der Waals surface area contributed by atoms with E-state index in [1.54, 1.807) is 0 Å². The molecular formula is C16H18Br2Si2. The highest BCUT2D eigenvalue weighted by atomic mass is 79.9. The van der Waals surface area contributed by atoms with Crippen molar-refractivity contribution in [3.8, 4) is 0 Å². The maximum Gasteiger partial charge on any atom is 0.0406 e. The molecule has 0 aliphatic rings. The molecule has 0 aliphatic heterocycles. The van der Waals surface area contributed by atoms with Crippen molar-refractivity contribution in [1.29, 1.82) is 0 Å². The zero-order valence-electron chi connectivity index (χ0n) is 11.8. The molecular weight excluding hydrogens is 408 g/mol. The van der Waals surface area contributed by atoms with Crippen molar-refractivity contribution in [2.45, 2.75) is 25.2 Å². The summed E-state index contributed by atoms with van der Waals surface area (Å²) in [4.78, 5) is 0. The molecule has 0 fully saturated rings. The maximum absolute atomic E-state index is 3.50. The Hall–Kier alpha value is -0.166. The molecule has 2 aromatic rings. The van der Waals surface area contributed by atoms with Crippen LogP contribution in [0.3, 0.4) is 0 Å². The summed E-state index contributed by atoms with van der Waals surface area (Å²) in [5, 5.41) is 0. The van der Waals surface area contributed by atoms with Crippen molar-refractivity contribution >= 4 is 48.5 Å². The summed E-state index contributed by atoms with van der Waals surface area (Å²) in [6.07, 6.45) is 0. The monoisotopic (exact) mass is 424 g/mol. The van der Waals surface area contributed by atoms with Gasteiger partial charge in [0.25, 0.3) is 0 Å². The van der Waals surface area contributed by atoms with Gasteiger partial charge in [-0.2, -0.15) is 0 Å². The zero-order chi connectivity index (χ0) is 14.6.